The molecule has 1 aromatic heterocycles. The van der Waals surface area contributed by atoms with Crippen molar-refractivity contribution in [3.8, 4) is 5.75 Å². The van der Waals surface area contributed by atoms with E-state index < -0.39 is 0 Å². The molecular weight excluding hydrogens is 353 g/mol. The van der Waals surface area contributed by atoms with Crippen molar-refractivity contribution in [1.29, 1.82) is 0 Å². The van der Waals surface area contributed by atoms with Crippen LogP contribution in [0.2, 0.25) is 5.02 Å². The van der Waals surface area contributed by atoms with Gasteiger partial charge in [0.2, 0.25) is 0 Å². The molecule has 0 spiro atoms. The van der Waals surface area contributed by atoms with Crippen LogP contribution in [-0.2, 0) is 0 Å². The molecule has 2 aromatic rings. The minimum Gasteiger partial charge on any atom is -0.493 e. The molecular formula is C20H23ClFN3O. The van der Waals surface area contributed by atoms with Crippen LogP contribution in [0.15, 0.2) is 42.6 Å². The Labute approximate surface area is 158 Å². The van der Waals surface area contributed by atoms with Gasteiger partial charge in [-0.3, -0.25) is 4.90 Å². The second-order valence-corrected chi connectivity index (χ2v) is 7.57. The molecule has 1 aromatic carbocycles. The summed E-state index contributed by atoms with van der Waals surface area (Å²) in [5.41, 5.74) is 0. The fourth-order valence-corrected chi connectivity index (χ4v) is 4.01. The number of benzene rings is 1. The van der Waals surface area contributed by atoms with Gasteiger partial charge < -0.3 is 9.64 Å². The van der Waals surface area contributed by atoms with Crippen molar-refractivity contribution >= 4 is 17.4 Å². The van der Waals surface area contributed by atoms with Crippen molar-refractivity contribution in [2.45, 2.75) is 18.9 Å². The summed E-state index contributed by atoms with van der Waals surface area (Å²) in [5, 5.41) is 0.675. The van der Waals surface area contributed by atoms with E-state index in [0.717, 1.165) is 44.2 Å². The molecule has 26 heavy (non-hydrogen) atoms. The first-order valence-electron chi connectivity index (χ1n) is 9.16. The third-order valence-corrected chi connectivity index (χ3v) is 5.56. The van der Waals surface area contributed by atoms with Crippen molar-refractivity contribution in [2.75, 3.05) is 37.7 Å². The van der Waals surface area contributed by atoms with Gasteiger partial charge in [-0.2, -0.15) is 0 Å². The van der Waals surface area contributed by atoms with Crippen LogP contribution in [0, 0.1) is 11.7 Å². The SMILES string of the molecule is Fc1ccc(OCC2CC[C@H]3CN(c4ccc(Cl)cn4)CCN3C2)cc1. The molecule has 0 radical (unpaired) electrons. The number of nitrogens with zero attached hydrogens (tertiary/aromatic N) is 3. The number of hydrogen-bond acceptors (Lipinski definition) is 4. The van der Waals surface area contributed by atoms with E-state index in [4.69, 9.17) is 16.3 Å². The van der Waals surface area contributed by atoms with E-state index in [-0.39, 0.29) is 5.82 Å². The molecule has 4 nitrogen and oxygen atoms in total. The van der Waals surface area contributed by atoms with E-state index in [0.29, 0.717) is 23.6 Å². The van der Waals surface area contributed by atoms with Crippen LogP contribution in [0.3, 0.4) is 0 Å². The summed E-state index contributed by atoms with van der Waals surface area (Å²) in [5.74, 6) is 2.05. The average molecular weight is 376 g/mol. The summed E-state index contributed by atoms with van der Waals surface area (Å²) >= 11 is 5.94. The van der Waals surface area contributed by atoms with Crippen LogP contribution < -0.4 is 9.64 Å². The van der Waals surface area contributed by atoms with E-state index >= 15 is 0 Å². The minimum absolute atomic E-state index is 0.231. The number of rotatable bonds is 4. The zero-order valence-electron chi connectivity index (χ0n) is 14.7. The first-order chi connectivity index (χ1) is 12.7. The molecule has 3 heterocycles. The lowest BCUT2D eigenvalue weighted by Crippen LogP contribution is -2.57. The number of halogens is 2. The maximum absolute atomic E-state index is 13.0. The highest BCUT2D eigenvalue weighted by molar-refractivity contribution is 6.30. The summed E-state index contributed by atoms with van der Waals surface area (Å²) in [6, 6.07) is 10.7. The summed E-state index contributed by atoms with van der Waals surface area (Å²) in [4.78, 5) is 9.38. The van der Waals surface area contributed by atoms with E-state index in [9.17, 15) is 4.39 Å². The van der Waals surface area contributed by atoms with Gasteiger partial charge in [0, 0.05) is 44.3 Å². The maximum Gasteiger partial charge on any atom is 0.128 e. The number of ether oxygens (including phenoxy) is 1. The fraction of sp³-hybridized carbons (Fsp3) is 0.450. The average Bonchev–Trinajstić information content (AvgIpc) is 2.67. The molecule has 0 bridgehead atoms. The Morgan fingerprint density at radius 2 is 1.92 bits per heavy atom. The molecule has 2 atom stereocenters. The summed E-state index contributed by atoms with van der Waals surface area (Å²) in [7, 11) is 0. The van der Waals surface area contributed by atoms with Gasteiger partial charge in [-0.1, -0.05) is 11.6 Å². The molecule has 2 aliphatic heterocycles. The van der Waals surface area contributed by atoms with Crippen LogP contribution in [0.4, 0.5) is 10.2 Å². The topological polar surface area (TPSA) is 28.6 Å². The predicted octanol–water partition coefficient (Wildman–Crippen LogP) is 3.85. The Kier molecular flexibility index (Phi) is 5.27. The van der Waals surface area contributed by atoms with Crippen LogP contribution in [0.1, 0.15) is 12.8 Å². The van der Waals surface area contributed by atoms with Gasteiger partial charge in [0.15, 0.2) is 0 Å². The lowest BCUT2D eigenvalue weighted by Gasteiger charge is -2.46. The van der Waals surface area contributed by atoms with E-state index in [1.165, 1.54) is 18.6 Å². The van der Waals surface area contributed by atoms with Crippen LogP contribution in [-0.4, -0.2) is 48.7 Å². The number of aromatic nitrogens is 1. The minimum atomic E-state index is -0.231. The third kappa shape index (κ3) is 4.10. The molecule has 0 N–H and O–H groups in total. The molecule has 138 valence electrons. The van der Waals surface area contributed by atoms with Gasteiger partial charge in [0.1, 0.15) is 17.4 Å². The number of piperidine rings is 1. The van der Waals surface area contributed by atoms with Crippen molar-refractivity contribution in [2.24, 2.45) is 5.92 Å². The van der Waals surface area contributed by atoms with Gasteiger partial charge in [-0.15, -0.1) is 0 Å². The zero-order valence-corrected chi connectivity index (χ0v) is 15.4. The first-order valence-corrected chi connectivity index (χ1v) is 9.54. The molecule has 2 aliphatic rings. The third-order valence-electron chi connectivity index (χ3n) is 5.34. The van der Waals surface area contributed by atoms with Crippen molar-refractivity contribution in [1.82, 2.24) is 9.88 Å². The van der Waals surface area contributed by atoms with Crippen molar-refractivity contribution in [3.63, 3.8) is 0 Å². The van der Waals surface area contributed by atoms with Crippen LogP contribution >= 0.6 is 11.6 Å². The molecule has 0 saturated carbocycles. The van der Waals surface area contributed by atoms with Gasteiger partial charge >= 0.3 is 0 Å². The standard InChI is InChI=1S/C20H23ClFN3O/c21-16-2-8-20(23-11-16)25-10-9-24-12-15(1-5-18(24)13-25)14-26-19-6-3-17(22)4-7-19/h2-4,6-8,11,15,18H,1,5,9-10,12-14H2/t15?,18-/m0/s1. The Morgan fingerprint density at radius 1 is 1.08 bits per heavy atom. The van der Waals surface area contributed by atoms with Crippen molar-refractivity contribution < 1.29 is 9.13 Å². The highest BCUT2D eigenvalue weighted by Gasteiger charge is 2.33. The number of hydrogen-bond donors (Lipinski definition) is 0. The predicted molar refractivity (Wildman–Crippen MR) is 101 cm³/mol. The van der Waals surface area contributed by atoms with Gasteiger partial charge in [-0.05, 0) is 49.2 Å². The highest BCUT2D eigenvalue weighted by atomic mass is 35.5. The second kappa shape index (κ2) is 7.80. The Morgan fingerprint density at radius 3 is 2.69 bits per heavy atom. The monoisotopic (exact) mass is 375 g/mol. The molecule has 2 fully saturated rings. The highest BCUT2D eigenvalue weighted by Crippen LogP contribution is 2.28. The van der Waals surface area contributed by atoms with Crippen molar-refractivity contribution in [3.05, 3.63) is 53.4 Å². The van der Waals surface area contributed by atoms with Crippen LogP contribution in [0.25, 0.3) is 0 Å². The van der Waals surface area contributed by atoms with Gasteiger partial charge in [0.05, 0.1) is 11.6 Å². The molecule has 0 amide bonds. The summed E-state index contributed by atoms with van der Waals surface area (Å²) < 4.78 is 18.8. The second-order valence-electron chi connectivity index (χ2n) is 7.14. The Hall–Kier alpha value is -1.85. The number of fused-ring (bicyclic) bond motifs is 1. The lowest BCUT2D eigenvalue weighted by atomic mass is 9.91. The zero-order chi connectivity index (χ0) is 17.9. The molecule has 6 heteroatoms. The summed E-state index contributed by atoms with van der Waals surface area (Å²) in [6.07, 6.45) is 4.04. The molecule has 2 saturated heterocycles. The van der Waals surface area contributed by atoms with E-state index in [2.05, 4.69) is 14.8 Å². The van der Waals surface area contributed by atoms with Gasteiger partial charge in [-0.25, -0.2) is 9.37 Å². The van der Waals surface area contributed by atoms with Crippen LogP contribution in [0.5, 0.6) is 5.75 Å². The first kappa shape index (κ1) is 17.6. The quantitative estimate of drug-likeness (QED) is 0.811. The molecule has 1 unspecified atom stereocenters. The smallest absolute Gasteiger partial charge is 0.128 e. The molecule has 4 rings (SSSR count). The normalized spacial score (nSPS) is 23.5. The number of anilines is 1. The molecule has 0 aliphatic carbocycles. The fourth-order valence-electron chi connectivity index (χ4n) is 3.90. The summed E-state index contributed by atoms with van der Waals surface area (Å²) in [6.45, 7) is 4.80. The maximum atomic E-state index is 13.0. The number of pyridine rings is 1. The van der Waals surface area contributed by atoms with Gasteiger partial charge in [0.25, 0.3) is 0 Å². The largest absolute Gasteiger partial charge is 0.493 e. The Balaban J connectivity index is 1.29. The Bertz CT molecular complexity index is 725. The number of piperazine rings is 1. The van der Waals surface area contributed by atoms with E-state index in [1.54, 1.807) is 18.3 Å². The lowest BCUT2D eigenvalue weighted by molar-refractivity contribution is 0.0727. The van der Waals surface area contributed by atoms with E-state index in [1.807, 2.05) is 12.1 Å².